The summed E-state index contributed by atoms with van der Waals surface area (Å²) in [6.07, 6.45) is 7.40. The van der Waals surface area contributed by atoms with Crippen LogP contribution in [0.5, 0.6) is 0 Å². The second-order valence-corrected chi connectivity index (χ2v) is 8.21. The van der Waals surface area contributed by atoms with E-state index in [1.54, 1.807) is 11.8 Å². The second-order valence-electron chi connectivity index (χ2n) is 7.18. The van der Waals surface area contributed by atoms with Crippen LogP contribution in [0.15, 0.2) is 52.1 Å². The highest BCUT2D eigenvalue weighted by Crippen LogP contribution is 2.32. The first-order chi connectivity index (χ1) is 12.5. The van der Waals surface area contributed by atoms with E-state index in [-0.39, 0.29) is 0 Å². The predicted molar refractivity (Wildman–Crippen MR) is 118 cm³/mol. The minimum absolute atomic E-state index is 0.622. The van der Waals surface area contributed by atoms with Crippen molar-refractivity contribution >= 4 is 22.5 Å². The number of nitrogens with zero attached hydrogens (tertiary/aromatic N) is 1. The summed E-state index contributed by atoms with van der Waals surface area (Å²) in [5.74, 6) is 0.622. The van der Waals surface area contributed by atoms with Crippen molar-refractivity contribution in [3.8, 4) is 0 Å². The third-order valence-electron chi connectivity index (χ3n) is 4.79. The van der Waals surface area contributed by atoms with Crippen molar-refractivity contribution in [2.75, 3.05) is 19.4 Å². The summed E-state index contributed by atoms with van der Waals surface area (Å²) in [6.45, 7) is 8.55. The first-order valence-corrected chi connectivity index (χ1v) is 10.4. The number of benzene rings is 1. The van der Waals surface area contributed by atoms with Crippen LogP contribution < -0.4 is 10.6 Å². The molecule has 0 radical (unpaired) electrons. The van der Waals surface area contributed by atoms with Crippen LogP contribution in [0, 0.1) is 5.92 Å². The third-order valence-corrected chi connectivity index (χ3v) is 6.23. The van der Waals surface area contributed by atoms with Gasteiger partial charge in [0.05, 0.1) is 10.1 Å². The molecule has 0 heterocycles. The van der Waals surface area contributed by atoms with E-state index in [0.717, 1.165) is 17.8 Å². The van der Waals surface area contributed by atoms with Gasteiger partial charge in [0.15, 0.2) is 0 Å². The maximum Gasteiger partial charge on any atom is 0.0769 e. The number of hydrogen-bond acceptors (Lipinski definition) is 4. The lowest BCUT2D eigenvalue weighted by molar-refractivity contribution is 0.443. The molecule has 1 aromatic carbocycles. The van der Waals surface area contributed by atoms with E-state index < -0.39 is 0 Å². The van der Waals surface area contributed by atoms with Gasteiger partial charge in [-0.05, 0) is 50.0 Å². The number of anilines is 1. The van der Waals surface area contributed by atoms with Crippen molar-refractivity contribution in [2.45, 2.75) is 52.4 Å². The Hall–Kier alpha value is -1.68. The predicted octanol–water partition coefficient (Wildman–Crippen LogP) is 5.97. The van der Waals surface area contributed by atoms with Gasteiger partial charge < -0.3 is 10.6 Å². The maximum atomic E-state index is 4.61. The fourth-order valence-corrected chi connectivity index (χ4v) is 4.36. The summed E-state index contributed by atoms with van der Waals surface area (Å²) in [7, 11) is 3.87. The molecule has 0 bridgehead atoms. The average Bonchev–Trinajstić information content (AvgIpc) is 2.66. The topological polar surface area (TPSA) is 36.4 Å². The van der Waals surface area contributed by atoms with Gasteiger partial charge in [-0.15, -0.1) is 0 Å². The minimum Gasteiger partial charge on any atom is -0.388 e. The maximum absolute atomic E-state index is 4.61. The zero-order chi connectivity index (χ0) is 18.9. The molecule has 3 nitrogen and oxygen atoms in total. The molecule has 0 aromatic heterocycles. The lowest BCUT2D eigenvalue weighted by Crippen LogP contribution is -2.19. The van der Waals surface area contributed by atoms with E-state index in [1.165, 1.54) is 53.3 Å². The Balaban J connectivity index is 1.98. The standard InChI is InChI=1S/C22H33N3S/c1-16(2)21(26-22(24-5)19-9-7-6-8-10-19)25-17(3)15-18-11-13-20(23-4)14-12-18/h11-14,19,23,25H,3,6-10,15H2,1-2,4-5H3. The Morgan fingerprint density at radius 3 is 2.35 bits per heavy atom. The number of rotatable bonds is 7. The quantitative estimate of drug-likeness (QED) is 0.458. The number of thioether (sulfide) groups is 1. The van der Waals surface area contributed by atoms with Gasteiger partial charge in [0, 0.05) is 37.8 Å². The smallest absolute Gasteiger partial charge is 0.0769 e. The molecule has 2 N–H and O–H groups in total. The molecule has 1 aromatic rings. The van der Waals surface area contributed by atoms with Crippen molar-refractivity contribution in [1.82, 2.24) is 5.32 Å². The molecule has 26 heavy (non-hydrogen) atoms. The summed E-state index contributed by atoms with van der Waals surface area (Å²) in [5, 5.41) is 9.14. The molecule has 1 saturated carbocycles. The van der Waals surface area contributed by atoms with Gasteiger partial charge in [0.1, 0.15) is 0 Å². The lowest BCUT2D eigenvalue weighted by atomic mass is 9.90. The molecule has 0 amide bonds. The summed E-state index contributed by atoms with van der Waals surface area (Å²) in [5.41, 5.74) is 4.68. The first kappa shape index (κ1) is 20.6. The normalized spacial score (nSPS) is 15.5. The molecule has 142 valence electrons. The van der Waals surface area contributed by atoms with Gasteiger partial charge >= 0.3 is 0 Å². The highest BCUT2D eigenvalue weighted by molar-refractivity contribution is 8.17. The van der Waals surface area contributed by atoms with Crippen LogP contribution in [0.25, 0.3) is 0 Å². The molecule has 0 unspecified atom stereocenters. The molecule has 2 rings (SSSR count). The van der Waals surface area contributed by atoms with Crippen molar-refractivity contribution < 1.29 is 0 Å². The molecule has 0 atom stereocenters. The fourth-order valence-electron chi connectivity index (χ4n) is 3.26. The Kier molecular flexibility index (Phi) is 8.30. The van der Waals surface area contributed by atoms with Crippen molar-refractivity contribution in [3.63, 3.8) is 0 Å². The van der Waals surface area contributed by atoms with Gasteiger partial charge in [-0.2, -0.15) is 0 Å². The van der Waals surface area contributed by atoms with E-state index in [4.69, 9.17) is 0 Å². The molecule has 0 saturated heterocycles. The summed E-state index contributed by atoms with van der Waals surface area (Å²) < 4.78 is 0. The minimum atomic E-state index is 0.622. The van der Waals surface area contributed by atoms with Crippen LogP contribution in [-0.2, 0) is 6.42 Å². The van der Waals surface area contributed by atoms with Crippen molar-refractivity contribution in [1.29, 1.82) is 0 Å². The van der Waals surface area contributed by atoms with Gasteiger partial charge in [0.2, 0.25) is 0 Å². The van der Waals surface area contributed by atoms with Crippen molar-refractivity contribution in [3.05, 3.63) is 52.7 Å². The Morgan fingerprint density at radius 1 is 1.15 bits per heavy atom. The SMILES string of the molecule is C=C(Cc1ccc(NC)cc1)NC(SC(=NC)C1CCCCC1)=C(C)C. The molecule has 4 heteroatoms. The van der Waals surface area contributed by atoms with Crippen LogP contribution >= 0.6 is 11.8 Å². The monoisotopic (exact) mass is 371 g/mol. The molecular weight excluding hydrogens is 338 g/mol. The van der Waals surface area contributed by atoms with Crippen LogP contribution in [0.3, 0.4) is 0 Å². The van der Waals surface area contributed by atoms with E-state index >= 15 is 0 Å². The third kappa shape index (κ3) is 6.24. The highest BCUT2D eigenvalue weighted by atomic mass is 32.2. The Morgan fingerprint density at radius 2 is 1.81 bits per heavy atom. The first-order valence-electron chi connectivity index (χ1n) is 9.57. The number of allylic oxidation sites excluding steroid dienone is 2. The summed E-state index contributed by atoms with van der Waals surface area (Å²) in [4.78, 5) is 4.61. The van der Waals surface area contributed by atoms with Gasteiger partial charge in [-0.25, -0.2) is 0 Å². The van der Waals surface area contributed by atoms with E-state index in [9.17, 15) is 0 Å². The summed E-state index contributed by atoms with van der Waals surface area (Å²) in [6, 6.07) is 8.50. The van der Waals surface area contributed by atoms with Crippen LogP contribution in [0.4, 0.5) is 5.69 Å². The lowest BCUT2D eigenvalue weighted by Gasteiger charge is -2.24. The van der Waals surface area contributed by atoms with Crippen LogP contribution in [0.2, 0.25) is 0 Å². The van der Waals surface area contributed by atoms with Crippen molar-refractivity contribution in [2.24, 2.45) is 10.9 Å². The Bertz CT molecular complexity index is 648. The number of aliphatic imine (C=N–C) groups is 1. The van der Waals surface area contributed by atoms with E-state index in [2.05, 4.69) is 60.3 Å². The summed E-state index contributed by atoms with van der Waals surface area (Å²) >= 11 is 1.80. The molecule has 1 aliphatic carbocycles. The zero-order valence-corrected chi connectivity index (χ0v) is 17.5. The molecular formula is C22H33N3S. The highest BCUT2D eigenvalue weighted by Gasteiger charge is 2.21. The Labute approximate surface area is 163 Å². The number of hydrogen-bond donors (Lipinski definition) is 2. The van der Waals surface area contributed by atoms with E-state index in [0.29, 0.717) is 5.92 Å². The molecule has 1 fully saturated rings. The molecule has 0 aliphatic heterocycles. The van der Waals surface area contributed by atoms with Gasteiger partial charge in [0.25, 0.3) is 0 Å². The van der Waals surface area contributed by atoms with Gasteiger partial charge in [-0.1, -0.05) is 49.7 Å². The molecule has 1 aliphatic rings. The van der Waals surface area contributed by atoms with Gasteiger partial charge in [-0.3, -0.25) is 4.99 Å². The van der Waals surface area contributed by atoms with E-state index in [1.807, 2.05) is 14.1 Å². The average molecular weight is 372 g/mol. The molecule has 0 spiro atoms. The fraction of sp³-hybridized carbons (Fsp3) is 0.500. The zero-order valence-electron chi connectivity index (χ0n) is 16.7. The van der Waals surface area contributed by atoms with Crippen LogP contribution in [-0.4, -0.2) is 19.1 Å². The second kappa shape index (κ2) is 10.5. The number of nitrogens with one attached hydrogen (secondary N) is 2. The largest absolute Gasteiger partial charge is 0.388 e. The van der Waals surface area contributed by atoms with Crippen LogP contribution in [0.1, 0.15) is 51.5 Å².